The van der Waals surface area contributed by atoms with E-state index in [-0.39, 0.29) is 28.8 Å². The molecule has 2 aromatic carbocycles. The van der Waals surface area contributed by atoms with Crippen LogP contribution in [-0.2, 0) is 4.74 Å². The van der Waals surface area contributed by atoms with Crippen LogP contribution < -0.4 is 15.6 Å². The third-order valence-electron chi connectivity index (χ3n) is 4.79. The van der Waals surface area contributed by atoms with Crippen molar-refractivity contribution in [1.82, 2.24) is 5.32 Å². The van der Waals surface area contributed by atoms with Gasteiger partial charge in [-0.3, -0.25) is 4.79 Å². The third kappa shape index (κ3) is 4.14. The van der Waals surface area contributed by atoms with Crippen LogP contribution in [-0.4, -0.2) is 32.3 Å². The predicted molar refractivity (Wildman–Crippen MR) is 106 cm³/mol. The Balaban J connectivity index is 1.80. The van der Waals surface area contributed by atoms with Gasteiger partial charge in [0.2, 0.25) is 5.55 Å². The van der Waals surface area contributed by atoms with E-state index in [0.29, 0.717) is 29.9 Å². The highest BCUT2D eigenvalue weighted by Gasteiger charge is 2.19. The molecule has 1 aliphatic rings. The van der Waals surface area contributed by atoms with Gasteiger partial charge in [-0.2, -0.15) is 0 Å². The van der Waals surface area contributed by atoms with Crippen molar-refractivity contribution in [3.63, 3.8) is 0 Å². The molecule has 1 amide bonds. The number of halogens is 1. The lowest BCUT2D eigenvalue weighted by Gasteiger charge is -2.12. The van der Waals surface area contributed by atoms with E-state index in [1.165, 1.54) is 19.2 Å². The second-order valence-corrected chi connectivity index (χ2v) is 6.75. The number of fused-ring (bicyclic) bond motifs is 1. The molecule has 0 bridgehead atoms. The molecule has 1 atom stereocenters. The number of para-hydroxylation sites is 2. The lowest BCUT2D eigenvalue weighted by molar-refractivity contribution is 0.0854. The molecule has 1 aromatic heterocycles. The Morgan fingerprint density at radius 3 is 2.90 bits per heavy atom. The number of amides is 1. The molecule has 1 saturated heterocycles. The van der Waals surface area contributed by atoms with Crippen molar-refractivity contribution in [2.45, 2.75) is 18.9 Å². The predicted octanol–water partition coefficient (Wildman–Crippen LogP) is 3.72. The van der Waals surface area contributed by atoms with Crippen LogP contribution >= 0.6 is 0 Å². The second kappa shape index (κ2) is 8.45. The molecule has 29 heavy (non-hydrogen) atoms. The zero-order valence-corrected chi connectivity index (χ0v) is 16.0. The van der Waals surface area contributed by atoms with Gasteiger partial charge in [0.1, 0.15) is 17.1 Å². The van der Waals surface area contributed by atoms with Gasteiger partial charge >= 0.3 is 0 Å². The fraction of sp³-hybridized carbons (Fsp3) is 0.273. The monoisotopic (exact) mass is 396 g/mol. The topological polar surface area (TPSA) is 73.1 Å². The Kier molecular flexibility index (Phi) is 5.57. The Labute approximate surface area is 167 Å². The van der Waals surface area contributed by atoms with Gasteiger partial charge in [0.15, 0.2) is 11.3 Å². The van der Waals surface area contributed by atoms with Crippen LogP contribution in [0.1, 0.15) is 23.2 Å². The molecule has 1 N–H and O–H groups in total. The van der Waals surface area contributed by atoms with Crippen molar-refractivity contribution in [2.75, 3.05) is 20.3 Å². The Bertz CT molecular complexity index is 1100. The van der Waals surface area contributed by atoms with Gasteiger partial charge in [0, 0.05) is 18.5 Å². The Morgan fingerprint density at radius 2 is 2.14 bits per heavy atom. The number of carbonyl (C=O) groups is 1. The highest BCUT2D eigenvalue weighted by atomic mass is 19.1. The van der Waals surface area contributed by atoms with Crippen LogP contribution in [0.4, 0.5) is 10.1 Å². The van der Waals surface area contributed by atoms with E-state index in [9.17, 15) is 9.18 Å². The van der Waals surface area contributed by atoms with E-state index in [4.69, 9.17) is 13.9 Å². The van der Waals surface area contributed by atoms with Crippen LogP contribution in [0.5, 0.6) is 5.75 Å². The van der Waals surface area contributed by atoms with Crippen molar-refractivity contribution in [2.24, 2.45) is 4.99 Å². The molecule has 7 heteroatoms. The average molecular weight is 396 g/mol. The molecular weight excluding hydrogens is 375 g/mol. The first-order valence-corrected chi connectivity index (χ1v) is 9.45. The molecule has 3 aromatic rings. The molecule has 0 radical (unpaired) electrons. The minimum atomic E-state index is -0.506. The largest absolute Gasteiger partial charge is 0.493 e. The molecule has 1 fully saturated rings. The average Bonchev–Trinajstić information content (AvgIpc) is 3.26. The number of nitrogens with zero attached hydrogens (tertiary/aromatic N) is 1. The molecule has 0 saturated carbocycles. The van der Waals surface area contributed by atoms with Crippen molar-refractivity contribution < 1.29 is 23.1 Å². The number of benzene rings is 2. The fourth-order valence-electron chi connectivity index (χ4n) is 3.29. The zero-order chi connectivity index (χ0) is 20.2. The molecule has 0 unspecified atom stereocenters. The highest BCUT2D eigenvalue weighted by molar-refractivity contribution is 5.97. The molecule has 1 aliphatic heterocycles. The number of nitrogens with one attached hydrogen (secondary N) is 1. The number of methoxy groups -OCH3 is 1. The van der Waals surface area contributed by atoms with E-state index < -0.39 is 5.82 Å². The SMILES string of the molecule is COc1cccc2cc(C(=O)NC[C@@H]3CCCO3)c(=Nc3ccccc3F)oc12. The standard InChI is InChI=1S/C22H21FN2O4/c1-27-19-10-4-6-14-12-16(21(26)24-13-15-7-5-11-28-15)22(29-20(14)19)25-18-9-3-2-8-17(18)23/h2-4,6,8-10,12,15H,5,7,11,13H2,1H3,(H,24,26)/t15-/m0/s1. The van der Waals surface area contributed by atoms with Gasteiger partial charge in [0.25, 0.3) is 5.91 Å². The summed E-state index contributed by atoms with van der Waals surface area (Å²) in [6.45, 7) is 1.10. The quantitative estimate of drug-likeness (QED) is 0.713. The van der Waals surface area contributed by atoms with Gasteiger partial charge in [-0.15, -0.1) is 0 Å². The summed E-state index contributed by atoms with van der Waals surface area (Å²) in [5, 5.41) is 3.55. The summed E-state index contributed by atoms with van der Waals surface area (Å²) in [6, 6.07) is 13.1. The number of carbonyl (C=O) groups excluding carboxylic acids is 1. The van der Waals surface area contributed by atoms with E-state index in [2.05, 4.69) is 10.3 Å². The smallest absolute Gasteiger partial charge is 0.256 e. The van der Waals surface area contributed by atoms with Crippen molar-refractivity contribution in [3.8, 4) is 5.75 Å². The third-order valence-corrected chi connectivity index (χ3v) is 4.79. The summed E-state index contributed by atoms with van der Waals surface area (Å²) < 4.78 is 31.0. The molecule has 4 rings (SSSR count). The van der Waals surface area contributed by atoms with Gasteiger partial charge in [0.05, 0.1) is 13.2 Å². The summed E-state index contributed by atoms with van der Waals surface area (Å²) in [5.74, 6) is -0.364. The van der Waals surface area contributed by atoms with E-state index in [1.54, 1.807) is 30.3 Å². The van der Waals surface area contributed by atoms with Gasteiger partial charge in [-0.1, -0.05) is 24.3 Å². The van der Waals surface area contributed by atoms with Gasteiger partial charge in [-0.05, 0) is 37.1 Å². The van der Waals surface area contributed by atoms with Crippen LogP contribution in [0, 0.1) is 5.82 Å². The minimum Gasteiger partial charge on any atom is -0.493 e. The molecule has 0 spiro atoms. The first-order chi connectivity index (χ1) is 14.2. The zero-order valence-electron chi connectivity index (χ0n) is 16.0. The summed E-state index contributed by atoms with van der Waals surface area (Å²) in [4.78, 5) is 17.2. The normalized spacial score (nSPS) is 16.9. The van der Waals surface area contributed by atoms with E-state index >= 15 is 0 Å². The van der Waals surface area contributed by atoms with Crippen LogP contribution in [0.25, 0.3) is 11.0 Å². The van der Waals surface area contributed by atoms with Gasteiger partial charge in [-0.25, -0.2) is 9.38 Å². The molecule has 6 nitrogen and oxygen atoms in total. The first-order valence-electron chi connectivity index (χ1n) is 9.45. The number of rotatable bonds is 5. The fourth-order valence-corrected chi connectivity index (χ4v) is 3.29. The lowest BCUT2D eigenvalue weighted by Crippen LogP contribution is -2.34. The first kappa shape index (κ1) is 19.1. The maximum Gasteiger partial charge on any atom is 0.256 e. The molecule has 150 valence electrons. The van der Waals surface area contributed by atoms with Gasteiger partial charge < -0.3 is 19.2 Å². The number of hydrogen-bond acceptors (Lipinski definition) is 5. The summed E-state index contributed by atoms with van der Waals surface area (Å²) in [6.07, 6.45) is 1.90. The molecule has 2 heterocycles. The lowest BCUT2D eigenvalue weighted by atomic mass is 10.1. The molecular formula is C22H21FN2O4. The Morgan fingerprint density at radius 1 is 1.28 bits per heavy atom. The van der Waals surface area contributed by atoms with E-state index in [1.807, 2.05) is 6.07 Å². The van der Waals surface area contributed by atoms with Crippen molar-refractivity contribution in [3.05, 3.63) is 65.5 Å². The highest BCUT2D eigenvalue weighted by Crippen LogP contribution is 2.25. The number of hydrogen-bond donors (Lipinski definition) is 1. The molecule has 0 aliphatic carbocycles. The van der Waals surface area contributed by atoms with Crippen LogP contribution in [0.2, 0.25) is 0 Å². The van der Waals surface area contributed by atoms with Crippen molar-refractivity contribution in [1.29, 1.82) is 0 Å². The van der Waals surface area contributed by atoms with Crippen LogP contribution in [0.15, 0.2) is 57.9 Å². The minimum absolute atomic E-state index is 0.00314. The Hall–Kier alpha value is -3.19. The maximum atomic E-state index is 14.1. The van der Waals surface area contributed by atoms with E-state index in [0.717, 1.165) is 12.8 Å². The maximum absolute atomic E-state index is 14.1. The second-order valence-electron chi connectivity index (χ2n) is 6.75. The summed E-state index contributed by atoms with van der Waals surface area (Å²) in [5.41, 5.74) is 0.739. The van der Waals surface area contributed by atoms with Crippen LogP contribution in [0.3, 0.4) is 0 Å². The van der Waals surface area contributed by atoms with Crippen molar-refractivity contribution >= 4 is 22.6 Å². The summed E-state index contributed by atoms with van der Waals surface area (Å²) >= 11 is 0. The summed E-state index contributed by atoms with van der Waals surface area (Å²) in [7, 11) is 1.53. The number of ether oxygens (including phenoxy) is 2.